The molecule has 3 aliphatic rings. The van der Waals surface area contributed by atoms with Crippen LogP contribution < -0.4 is 9.80 Å². The maximum atomic E-state index is 2.53. The van der Waals surface area contributed by atoms with E-state index in [1.165, 1.54) is 133 Å². The molecule has 15 rings (SSSR count). The lowest BCUT2D eigenvalue weighted by Crippen LogP contribution is -2.18. The van der Waals surface area contributed by atoms with E-state index in [-0.39, 0.29) is 5.41 Å². The van der Waals surface area contributed by atoms with E-state index in [1.54, 1.807) is 0 Å². The predicted molar refractivity (Wildman–Crippen MR) is 300 cm³/mol. The van der Waals surface area contributed by atoms with Crippen molar-refractivity contribution < 1.29 is 0 Å². The third-order valence-electron chi connectivity index (χ3n) is 16.2. The summed E-state index contributed by atoms with van der Waals surface area (Å²) in [4.78, 5) is 5.01. The fraction of sp³-hybridized carbons (Fsp3) is 0.0725. The Morgan fingerprint density at radius 2 is 0.775 bits per heavy atom. The first-order valence-corrected chi connectivity index (χ1v) is 25.1. The van der Waals surface area contributed by atoms with E-state index in [0.29, 0.717) is 0 Å². The summed E-state index contributed by atoms with van der Waals surface area (Å²) in [6.07, 6.45) is 1.82. The van der Waals surface area contributed by atoms with Crippen LogP contribution in [0.2, 0.25) is 0 Å². The molecule has 2 heteroatoms. The maximum Gasteiger partial charge on any atom is 0.0497 e. The first-order chi connectivity index (χ1) is 35.0. The summed E-state index contributed by atoms with van der Waals surface area (Å²) in [6, 6.07) is 87.2. The zero-order valence-corrected chi connectivity index (χ0v) is 39.7. The smallest absolute Gasteiger partial charge is 0.0497 e. The second-order valence-corrected chi connectivity index (χ2v) is 20.4. The van der Waals surface area contributed by atoms with Crippen LogP contribution in [0.3, 0.4) is 0 Å². The van der Waals surface area contributed by atoms with E-state index < -0.39 is 0 Å². The lowest BCUT2D eigenvalue weighted by Gasteiger charge is -2.34. The Balaban J connectivity index is 1.09. The summed E-state index contributed by atoms with van der Waals surface area (Å²) in [5, 5.41) is 9.95. The van der Waals surface area contributed by atoms with Gasteiger partial charge in [0.1, 0.15) is 0 Å². The number of rotatable bonds is 4. The Morgan fingerprint density at radius 1 is 0.310 bits per heavy atom. The average molecular weight is 905 g/mol. The summed E-state index contributed by atoms with van der Waals surface area (Å²) in [5.74, 6) is 0. The normalized spacial score (nSPS) is 14.0. The fourth-order valence-corrected chi connectivity index (χ4v) is 12.9. The molecule has 0 radical (unpaired) electrons. The quantitative estimate of drug-likeness (QED) is 0.128. The number of benzene rings is 12. The van der Waals surface area contributed by atoms with Gasteiger partial charge in [-0.1, -0.05) is 184 Å². The van der Waals surface area contributed by atoms with Crippen LogP contribution in [-0.2, 0) is 18.3 Å². The van der Waals surface area contributed by atoms with Crippen molar-refractivity contribution in [3.05, 3.63) is 264 Å². The fourth-order valence-electron chi connectivity index (χ4n) is 12.9. The molecule has 0 atom stereocenters. The van der Waals surface area contributed by atoms with Gasteiger partial charge in [0.25, 0.3) is 0 Å². The topological polar surface area (TPSA) is 6.48 Å². The van der Waals surface area contributed by atoms with Gasteiger partial charge in [-0.3, -0.25) is 0 Å². The van der Waals surface area contributed by atoms with Gasteiger partial charge in [0.05, 0.1) is 0 Å². The van der Waals surface area contributed by atoms with Gasteiger partial charge in [-0.2, -0.15) is 0 Å². The van der Waals surface area contributed by atoms with E-state index in [0.717, 1.165) is 24.2 Å². The Morgan fingerprint density at radius 3 is 1.38 bits per heavy atom. The second kappa shape index (κ2) is 15.1. The summed E-state index contributed by atoms with van der Waals surface area (Å²) in [6.45, 7) is 4.80. The highest BCUT2D eigenvalue weighted by atomic mass is 15.2. The molecule has 334 valence electrons. The van der Waals surface area contributed by atoms with Gasteiger partial charge in [-0.15, -0.1) is 0 Å². The Bertz CT molecular complexity index is 4140. The molecule has 2 nitrogen and oxygen atoms in total. The summed E-state index contributed by atoms with van der Waals surface area (Å²) >= 11 is 0. The monoisotopic (exact) mass is 904 g/mol. The molecule has 2 aliphatic heterocycles. The van der Waals surface area contributed by atoms with Crippen LogP contribution in [0, 0.1) is 0 Å². The third kappa shape index (κ3) is 5.89. The number of hydrogen-bond acceptors (Lipinski definition) is 2. The number of hydrogen-bond donors (Lipinski definition) is 0. The summed E-state index contributed by atoms with van der Waals surface area (Å²) in [5.41, 5.74) is 22.8. The van der Waals surface area contributed by atoms with Crippen molar-refractivity contribution in [2.45, 2.75) is 32.1 Å². The largest absolute Gasteiger partial charge is 0.310 e. The van der Waals surface area contributed by atoms with Crippen molar-refractivity contribution in [1.29, 1.82) is 0 Å². The molecule has 0 aromatic heterocycles. The van der Waals surface area contributed by atoms with Crippen molar-refractivity contribution >= 4 is 77.2 Å². The van der Waals surface area contributed by atoms with Crippen molar-refractivity contribution in [3.8, 4) is 33.4 Å². The minimum absolute atomic E-state index is 0.161. The van der Waals surface area contributed by atoms with Gasteiger partial charge in [-0.05, 0) is 171 Å². The molecular formula is C69H48N2. The van der Waals surface area contributed by atoms with Gasteiger partial charge in [0, 0.05) is 52.4 Å². The molecule has 0 fully saturated rings. The summed E-state index contributed by atoms with van der Waals surface area (Å²) in [7, 11) is 0. The number of fused-ring (bicyclic) bond motifs is 12. The molecule has 0 saturated heterocycles. The van der Waals surface area contributed by atoms with Crippen LogP contribution in [0.15, 0.2) is 231 Å². The van der Waals surface area contributed by atoms with E-state index in [9.17, 15) is 0 Å². The molecule has 0 unspecified atom stereocenters. The van der Waals surface area contributed by atoms with E-state index >= 15 is 0 Å². The van der Waals surface area contributed by atoms with Gasteiger partial charge >= 0.3 is 0 Å². The third-order valence-corrected chi connectivity index (χ3v) is 16.2. The molecule has 12 aromatic rings. The van der Waals surface area contributed by atoms with E-state index in [4.69, 9.17) is 0 Å². The standard InChI is InChI=1S/C69H48N2/c1-69(2)61-26-12-11-25-54(61)55-34-31-48(40-62(55)69)67-56-35-32-50(71-65-29-15-6-20-46(65)38-47-21-7-16-30-66(47)71)42-60(56)68(58-39-43-17-3-8-22-51(43)52-23-9-10-24-53(52)58)57-36-33-49(41-59(57)67)70-63-27-13-4-18-44(63)37-45-19-5-14-28-64(45)70/h3-36,39-42H,37-38H2,1-2H3. The molecule has 2 heterocycles. The van der Waals surface area contributed by atoms with Gasteiger partial charge in [-0.25, -0.2) is 0 Å². The van der Waals surface area contributed by atoms with Crippen molar-refractivity contribution in [1.82, 2.24) is 0 Å². The zero-order valence-electron chi connectivity index (χ0n) is 39.7. The van der Waals surface area contributed by atoms with Crippen LogP contribution in [0.5, 0.6) is 0 Å². The molecule has 0 bridgehead atoms. The Kier molecular flexibility index (Phi) is 8.57. The maximum absolute atomic E-state index is 2.53. The zero-order chi connectivity index (χ0) is 47.0. The van der Waals surface area contributed by atoms with Crippen molar-refractivity contribution in [2.75, 3.05) is 9.80 Å². The van der Waals surface area contributed by atoms with Crippen LogP contribution in [0.1, 0.15) is 47.2 Å². The highest BCUT2D eigenvalue weighted by Gasteiger charge is 2.36. The lowest BCUT2D eigenvalue weighted by atomic mass is 9.80. The molecule has 0 N–H and O–H groups in total. The predicted octanol–water partition coefficient (Wildman–Crippen LogP) is 18.7. The first kappa shape index (κ1) is 40.2. The van der Waals surface area contributed by atoms with Crippen LogP contribution in [0.4, 0.5) is 34.1 Å². The van der Waals surface area contributed by atoms with Crippen LogP contribution in [-0.4, -0.2) is 0 Å². The number of nitrogens with zero attached hydrogens (tertiary/aromatic N) is 2. The number of anilines is 6. The summed E-state index contributed by atoms with van der Waals surface area (Å²) < 4.78 is 0. The van der Waals surface area contributed by atoms with Crippen LogP contribution in [0.25, 0.3) is 76.5 Å². The average Bonchev–Trinajstić information content (AvgIpc) is 3.65. The molecule has 0 amide bonds. The molecule has 0 spiro atoms. The van der Waals surface area contributed by atoms with Crippen LogP contribution >= 0.6 is 0 Å². The van der Waals surface area contributed by atoms with E-state index in [1.807, 2.05) is 0 Å². The second-order valence-electron chi connectivity index (χ2n) is 20.4. The van der Waals surface area contributed by atoms with Crippen molar-refractivity contribution in [3.63, 3.8) is 0 Å². The molecular weight excluding hydrogens is 857 g/mol. The highest BCUT2D eigenvalue weighted by Crippen LogP contribution is 2.55. The minimum atomic E-state index is -0.161. The highest BCUT2D eigenvalue weighted by molar-refractivity contribution is 6.27. The Labute approximate surface area is 414 Å². The van der Waals surface area contributed by atoms with E-state index in [2.05, 4.69) is 254 Å². The lowest BCUT2D eigenvalue weighted by molar-refractivity contribution is 0.660. The van der Waals surface area contributed by atoms with Gasteiger partial charge < -0.3 is 9.80 Å². The molecule has 12 aromatic carbocycles. The molecule has 71 heavy (non-hydrogen) atoms. The number of para-hydroxylation sites is 4. The van der Waals surface area contributed by atoms with Crippen molar-refractivity contribution in [2.24, 2.45) is 0 Å². The molecule has 0 saturated carbocycles. The minimum Gasteiger partial charge on any atom is -0.310 e. The van der Waals surface area contributed by atoms with Gasteiger partial charge in [0.15, 0.2) is 0 Å². The SMILES string of the molecule is CC1(C)c2ccccc2-c2ccc(-c3c4cc(N5c6ccccc6Cc6ccccc65)ccc4c(-c4cc5ccccc5c5ccccc45)c4cc(N5c6ccccc6Cc6ccccc65)ccc34)cc21. The molecule has 1 aliphatic carbocycles. The Hall–Kier alpha value is -8.72. The van der Waals surface area contributed by atoms with Gasteiger partial charge in [0.2, 0.25) is 0 Å². The first-order valence-electron chi connectivity index (χ1n) is 25.1.